The number of hydrogen-bond acceptors (Lipinski definition) is 4. The highest BCUT2D eigenvalue weighted by Gasteiger charge is 2.34. The first-order chi connectivity index (χ1) is 15.7. The number of ether oxygens (including phenoxy) is 2. The van der Waals surface area contributed by atoms with Gasteiger partial charge in [0.05, 0.1) is 18.6 Å². The highest BCUT2D eigenvalue weighted by molar-refractivity contribution is 5.79. The molecule has 0 aliphatic heterocycles. The Hall–Kier alpha value is -2.96. The first kappa shape index (κ1) is 27.3. The second-order valence-electron chi connectivity index (χ2n) is 9.55. The lowest BCUT2D eigenvalue weighted by Crippen LogP contribution is -2.40. The summed E-state index contributed by atoms with van der Waals surface area (Å²) in [5.74, 6) is -3.14. The van der Waals surface area contributed by atoms with E-state index in [0.717, 1.165) is 22.8 Å². The summed E-state index contributed by atoms with van der Waals surface area (Å²) in [5.41, 5.74) is 3.68. The van der Waals surface area contributed by atoms with Gasteiger partial charge >= 0.3 is 12.1 Å². The van der Waals surface area contributed by atoms with Crippen LogP contribution in [0.1, 0.15) is 68.5 Å². The van der Waals surface area contributed by atoms with Gasteiger partial charge in [0.25, 0.3) is 0 Å². The highest BCUT2D eigenvalue weighted by atomic mass is 19.2. The average molecular weight is 476 g/mol. The lowest BCUT2D eigenvalue weighted by atomic mass is 9.80. The van der Waals surface area contributed by atoms with E-state index in [1.807, 2.05) is 20.8 Å². The van der Waals surface area contributed by atoms with Gasteiger partial charge in [-0.2, -0.15) is 0 Å². The molecule has 0 fully saturated rings. The van der Waals surface area contributed by atoms with Crippen molar-refractivity contribution in [2.24, 2.45) is 5.92 Å². The van der Waals surface area contributed by atoms with Gasteiger partial charge in [-0.05, 0) is 102 Å². The van der Waals surface area contributed by atoms with Gasteiger partial charge in [0, 0.05) is 5.56 Å². The molecule has 0 spiro atoms. The Bertz CT molecular complexity index is 1090. The molecule has 1 amide bonds. The summed E-state index contributed by atoms with van der Waals surface area (Å²) in [7, 11) is 0. The number of esters is 1. The first-order valence-electron chi connectivity index (χ1n) is 11.4. The van der Waals surface area contributed by atoms with E-state index in [4.69, 9.17) is 9.47 Å². The molecule has 0 aliphatic carbocycles. The molecular weight excluding hydrogens is 440 g/mol. The molecule has 0 heterocycles. The van der Waals surface area contributed by atoms with Crippen LogP contribution in [0, 0.1) is 45.2 Å². The van der Waals surface area contributed by atoms with Gasteiger partial charge in [-0.3, -0.25) is 4.79 Å². The Labute approximate surface area is 200 Å². The fourth-order valence-electron chi connectivity index (χ4n) is 4.23. The molecule has 1 N–H and O–H groups in total. The number of nitrogens with one attached hydrogen (secondary N) is 1. The molecule has 0 bridgehead atoms. The fraction of sp³-hybridized carbons (Fsp3) is 0.481. The minimum atomic E-state index is -0.946. The second-order valence-corrected chi connectivity index (χ2v) is 9.55. The number of carbonyl (C=O) groups excluding carboxylic acids is 2. The number of rotatable bonds is 6. The van der Waals surface area contributed by atoms with Crippen molar-refractivity contribution in [2.75, 3.05) is 6.61 Å². The molecule has 2 atom stereocenters. The van der Waals surface area contributed by atoms with Crippen molar-refractivity contribution in [1.29, 1.82) is 0 Å². The summed E-state index contributed by atoms with van der Waals surface area (Å²) in [6.45, 7) is 16.2. The SMILES string of the molecule is CCOC(=O)[C@@H](C)[C@H](NC(=O)OC(C)(C)C)c1c(C)c(C)c(C)c(-c2cccc(F)c2F)c1C. The Kier molecular flexibility index (Phi) is 8.45. The zero-order valence-electron chi connectivity index (χ0n) is 21.5. The summed E-state index contributed by atoms with van der Waals surface area (Å²) in [6, 6.07) is 3.24. The topological polar surface area (TPSA) is 64.6 Å². The van der Waals surface area contributed by atoms with E-state index in [1.54, 1.807) is 41.5 Å². The Morgan fingerprint density at radius 3 is 2.18 bits per heavy atom. The maximum Gasteiger partial charge on any atom is 0.408 e. The van der Waals surface area contributed by atoms with E-state index >= 15 is 0 Å². The van der Waals surface area contributed by atoms with E-state index < -0.39 is 41.3 Å². The molecule has 0 aliphatic rings. The van der Waals surface area contributed by atoms with Crippen LogP contribution >= 0.6 is 0 Å². The van der Waals surface area contributed by atoms with Crippen LogP contribution in [-0.2, 0) is 14.3 Å². The molecule has 7 heteroatoms. The van der Waals surface area contributed by atoms with Crippen molar-refractivity contribution in [1.82, 2.24) is 5.32 Å². The van der Waals surface area contributed by atoms with E-state index in [9.17, 15) is 18.4 Å². The zero-order chi connectivity index (χ0) is 26.0. The molecule has 34 heavy (non-hydrogen) atoms. The van der Waals surface area contributed by atoms with Crippen molar-refractivity contribution >= 4 is 12.1 Å². The van der Waals surface area contributed by atoms with E-state index in [0.29, 0.717) is 16.7 Å². The quantitative estimate of drug-likeness (QED) is 0.476. The van der Waals surface area contributed by atoms with Gasteiger partial charge in [0.15, 0.2) is 11.6 Å². The van der Waals surface area contributed by atoms with Crippen molar-refractivity contribution in [3.05, 3.63) is 57.7 Å². The third-order valence-corrected chi connectivity index (χ3v) is 6.05. The van der Waals surface area contributed by atoms with Crippen molar-refractivity contribution in [2.45, 2.75) is 74.0 Å². The third kappa shape index (κ3) is 5.75. The molecule has 5 nitrogen and oxygen atoms in total. The monoisotopic (exact) mass is 475 g/mol. The molecule has 2 aromatic rings. The predicted octanol–water partition coefficient (Wildman–Crippen LogP) is 6.63. The third-order valence-electron chi connectivity index (χ3n) is 6.05. The first-order valence-corrected chi connectivity index (χ1v) is 11.4. The van der Waals surface area contributed by atoms with Gasteiger partial charge in [0.1, 0.15) is 5.60 Å². The lowest BCUT2D eigenvalue weighted by Gasteiger charge is -2.31. The number of benzene rings is 2. The van der Waals surface area contributed by atoms with Crippen LogP contribution < -0.4 is 5.32 Å². The van der Waals surface area contributed by atoms with Crippen LogP contribution in [-0.4, -0.2) is 24.3 Å². The number of carbonyl (C=O) groups is 2. The van der Waals surface area contributed by atoms with Crippen molar-refractivity contribution < 1.29 is 27.8 Å². The Balaban J connectivity index is 2.79. The van der Waals surface area contributed by atoms with Crippen LogP contribution in [0.2, 0.25) is 0 Å². The maximum absolute atomic E-state index is 14.9. The highest BCUT2D eigenvalue weighted by Crippen LogP contribution is 2.40. The number of alkyl carbamates (subject to hydrolysis) is 1. The van der Waals surface area contributed by atoms with Gasteiger partial charge in [-0.25, -0.2) is 13.6 Å². The smallest absolute Gasteiger partial charge is 0.408 e. The molecule has 2 rings (SSSR count). The number of amides is 1. The molecule has 186 valence electrons. The zero-order valence-corrected chi connectivity index (χ0v) is 21.5. The van der Waals surface area contributed by atoms with Gasteiger partial charge in [0.2, 0.25) is 0 Å². The standard InChI is InChI=1S/C27H35F2NO4/c1-10-33-25(31)18(6)24(30-26(32)34-27(7,8)9)22-16(4)14(2)15(3)21(17(22)5)19-12-11-13-20(28)23(19)29/h11-13,18,24H,10H2,1-9H3,(H,30,32)/t18-,24-/m0/s1. The summed E-state index contributed by atoms with van der Waals surface area (Å²) in [5, 5.41) is 2.83. The van der Waals surface area contributed by atoms with Crippen LogP contribution in [0.25, 0.3) is 11.1 Å². The van der Waals surface area contributed by atoms with Crippen LogP contribution in [0.15, 0.2) is 18.2 Å². The van der Waals surface area contributed by atoms with E-state index in [1.165, 1.54) is 12.1 Å². The fourth-order valence-corrected chi connectivity index (χ4v) is 4.23. The molecule has 0 saturated carbocycles. The van der Waals surface area contributed by atoms with Crippen LogP contribution in [0.5, 0.6) is 0 Å². The van der Waals surface area contributed by atoms with E-state index in [2.05, 4.69) is 5.32 Å². The minimum Gasteiger partial charge on any atom is -0.466 e. The summed E-state index contributed by atoms with van der Waals surface area (Å²) in [4.78, 5) is 25.5. The average Bonchev–Trinajstić information content (AvgIpc) is 2.73. The van der Waals surface area contributed by atoms with Crippen LogP contribution in [0.4, 0.5) is 13.6 Å². The summed E-state index contributed by atoms with van der Waals surface area (Å²) < 4.78 is 39.6. The molecular formula is C27H35F2NO4. The van der Waals surface area contributed by atoms with E-state index in [-0.39, 0.29) is 12.2 Å². The normalized spacial score (nSPS) is 13.3. The number of hydrogen-bond donors (Lipinski definition) is 1. The number of halogens is 2. The second kappa shape index (κ2) is 10.5. The van der Waals surface area contributed by atoms with Gasteiger partial charge < -0.3 is 14.8 Å². The Morgan fingerprint density at radius 1 is 1.00 bits per heavy atom. The summed E-state index contributed by atoms with van der Waals surface area (Å²) >= 11 is 0. The molecule has 0 unspecified atom stereocenters. The Morgan fingerprint density at radius 2 is 1.62 bits per heavy atom. The largest absolute Gasteiger partial charge is 0.466 e. The molecule has 0 aromatic heterocycles. The van der Waals surface area contributed by atoms with Crippen molar-refractivity contribution in [3.8, 4) is 11.1 Å². The predicted molar refractivity (Wildman–Crippen MR) is 129 cm³/mol. The summed E-state index contributed by atoms with van der Waals surface area (Å²) in [6.07, 6.45) is -0.691. The van der Waals surface area contributed by atoms with Crippen LogP contribution in [0.3, 0.4) is 0 Å². The maximum atomic E-state index is 14.9. The molecule has 2 aromatic carbocycles. The van der Waals surface area contributed by atoms with Crippen molar-refractivity contribution in [3.63, 3.8) is 0 Å². The van der Waals surface area contributed by atoms with Gasteiger partial charge in [-0.15, -0.1) is 0 Å². The lowest BCUT2D eigenvalue weighted by molar-refractivity contribution is -0.148. The minimum absolute atomic E-state index is 0.124. The molecule has 0 radical (unpaired) electrons. The molecule has 0 saturated heterocycles. The van der Waals surface area contributed by atoms with Gasteiger partial charge in [-0.1, -0.05) is 12.1 Å².